The molecule has 0 fully saturated rings. The molecule has 2 aromatic carbocycles. The minimum Gasteiger partial charge on any atom is -0.399 e. The van der Waals surface area contributed by atoms with Crippen LogP contribution < -0.4 is 5.73 Å². The van der Waals surface area contributed by atoms with Gasteiger partial charge in [0.15, 0.2) is 0 Å². The van der Waals surface area contributed by atoms with Crippen LogP contribution in [0.3, 0.4) is 0 Å². The third-order valence-corrected chi connectivity index (χ3v) is 2.66. The molecule has 0 radical (unpaired) electrons. The summed E-state index contributed by atoms with van der Waals surface area (Å²) in [6.07, 6.45) is 0. The van der Waals surface area contributed by atoms with Crippen LogP contribution in [0.5, 0.6) is 0 Å². The monoisotopic (exact) mass is 283 g/mol. The molecule has 0 aromatic heterocycles. The van der Waals surface area contributed by atoms with Gasteiger partial charge >= 0.3 is 0 Å². The Labute approximate surface area is 100 Å². The molecule has 4 heteroatoms. The summed E-state index contributed by atoms with van der Waals surface area (Å²) in [5, 5.41) is 0. The van der Waals surface area contributed by atoms with E-state index in [2.05, 4.69) is 15.9 Å². The summed E-state index contributed by atoms with van der Waals surface area (Å²) < 4.78 is 27.6. The highest BCUT2D eigenvalue weighted by atomic mass is 79.9. The molecule has 2 aromatic rings. The normalized spacial score (nSPS) is 10.4. The van der Waals surface area contributed by atoms with E-state index in [4.69, 9.17) is 5.73 Å². The molecule has 0 saturated heterocycles. The Balaban J connectivity index is 2.60. The van der Waals surface area contributed by atoms with E-state index in [1.54, 1.807) is 24.3 Å². The first kappa shape index (κ1) is 11.1. The fraction of sp³-hybridized carbons (Fsp3) is 0. The molecular weight excluding hydrogens is 276 g/mol. The van der Waals surface area contributed by atoms with Crippen molar-refractivity contribution in [2.24, 2.45) is 0 Å². The Kier molecular flexibility index (Phi) is 2.92. The lowest BCUT2D eigenvalue weighted by molar-refractivity contribution is 0.588. The van der Waals surface area contributed by atoms with Crippen molar-refractivity contribution in [1.82, 2.24) is 0 Å². The van der Waals surface area contributed by atoms with E-state index in [9.17, 15) is 8.78 Å². The van der Waals surface area contributed by atoms with Gasteiger partial charge < -0.3 is 5.73 Å². The number of halogens is 3. The highest BCUT2D eigenvalue weighted by molar-refractivity contribution is 9.10. The van der Waals surface area contributed by atoms with Crippen molar-refractivity contribution in [2.45, 2.75) is 0 Å². The topological polar surface area (TPSA) is 26.0 Å². The second-order valence-electron chi connectivity index (χ2n) is 3.37. The summed E-state index contributed by atoms with van der Waals surface area (Å²) in [6.45, 7) is 0. The summed E-state index contributed by atoms with van der Waals surface area (Å²) in [5.74, 6) is -1.20. The van der Waals surface area contributed by atoms with Crippen LogP contribution in [0, 0.1) is 11.6 Å². The van der Waals surface area contributed by atoms with E-state index >= 15 is 0 Å². The maximum absolute atomic E-state index is 13.6. The molecule has 0 aliphatic rings. The number of nitrogens with two attached hydrogens (primary N) is 1. The predicted octanol–water partition coefficient (Wildman–Crippen LogP) is 3.98. The van der Waals surface area contributed by atoms with Crippen molar-refractivity contribution in [3.63, 3.8) is 0 Å². The molecular formula is C12H8BrF2N. The van der Waals surface area contributed by atoms with Gasteiger partial charge in [-0.3, -0.25) is 0 Å². The highest BCUT2D eigenvalue weighted by Crippen LogP contribution is 2.29. The lowest BCUT2D eigenvalue weighted by Crippen LogP contribution is -1.91. The summed E-state index contributed by atoms with van der Waals surface area (Å²) in [5.41, 5.74) is 6.50. The Morgan fingerprint density at radius 2 is 1.44 bits per heavy atom. The van der Waals surface area contributed by atoms with Gasteiger partial charge in [0, 0.05) is 10.2 Å². The van der Waals surface area contributed by atoms with Gasteiger partial charge in [-0.15, -0.1) is 0 Å². The summed E-state index contributed by atoms with van der Waals surface area (Å²) in [4.78, 5) is 0. The first-order valence-corrected chi connectivity index (χ1v) is 5.37. The Hall–Kier alpha value is -1.42. The lowest BCUT2D eigenvalue weighted by atomic mass is 10.0. The average molecular weight is 284 g/mol. The molecule has 0 bridgehead atoms. The van der Waals surface area contributed by atoms with E-state index in [1.807, 2.05) is 0 Å². The molecule has 0 atom stereocenters. The standard InChI is InChI=1S/C12H8BrF2N/c13-8-5-10(14)12(11(15)6-8)7-1-3-9(16)4-2-7/h1-6H,16H2. The third-order valence-electron chi connectivity index (χ3n) is 2.21. The Morgan fingerprint density at radius 3 is 1.94 bits per heavy atom. The van der Waals surface area contributed by atoms with Crippen molar-refractivity contribution in [1.29, 1.82) is 0 Å². The van der Waals surface area contributed by atoms with Gasteiger partial charge in [0.25, 0.3) is 0 Å². The number of hydrogen-bond acceptors (Lipinski definition) is 1. The zero-order valence-corrected chi connectivity index (χ0v) is 9.76. The third kappa shape index (κ3) is 2.07. The molecule has 16 heavy (non-hydrogen) atoms. The van der Waals surface area contributed by atoms with Crippen LogP contribution in [-0.2, 0) is 0 Å². The molecule has 0 spiro atoms. The minimum absolute atomic E-state index is 0.0387. The van der Waals surface area contributed by atoms with Gasteiger partial charge in [-0.05, 0) is 29.8 Å². The van der Waals surface area contributed by atoms with E-state index in [0.717, 1.165) is 0 Å². The van der Waals surface area contributed by atoms with Gasteiger partial charge in [0.05, 0.1) is 5.56 Å². The van der Waals surface area contributed by atoms with Crippen molar-refractivity contribution in [2.75, 3.05) is 5.73 Å². The van der Waals surface area contributed by atoms with Crippen LogP contribution in [0.1, 0.15) is 0 Å². The minimum atomic E-state index is -0.600. The van der Waals surface area contributed by atoms with Crippen molar-refractivity contribution >= 4 is 21.6 Å². The second-order valence-corrected chi connectivity index (χ2v) is 4.28. The van der Waals surface area contributed by atoms with Gasteiger partial charge in [-0.1, -0.05) is 28.1 Å². The molecule has 82 valence electrons. The number of anilines is 1. The highest BCUT2D eigenvalue weighted by Gasteiger charge is 2.12. The van der Waals surface area contributed by atoms with Gasteiger partial charge in [0.2, 0.25) is 0 Å². The molecule has 2 N–H and O–H groups in total. The zero-order chi connectivity index (χ0) is 11.7. The molecule has 1 nitrogen and oxygen atoms in total. The predicted molar refractivity (Wildman–Crippen MR) is 63.9 cm³/mol. The van der Waals surface area contributed by atoms with Gasteiger partial charge in [-0.2, -0.15) is 0 Å². The number of rotatable bonds is 1. The maximum atomic E-state index is 13.6. The first-order valence-electron chi connectivity index (χ1n) is 4.58. The van der Waals surface area contributed by atoms with Crippen LogP contribution in [0.15, 0.2) is 40.9 Å². The van der Waals surface area contributed by atoms with Crippen LogP contribution in [0.4, 0.5) is 14.5 Å². The summed E-state index contributed by atoms with van der Waals surface area (Å²) in [7, 11) is 0. The van der Waals surface area contributed by atoms with Crippen molar-refractivity contribution < 1.29 is 8.78 Å². The fourth-order valence-corrected chi connectivity index (χ4v) is 1.87. The molecule has 0 saturated carbocycles. The molecule has 0 aliphatic carbocycles. The fourth-order valence-electron chi connectivity index (χ4n) is 1.47. The molecule has 2 rings (SSSR count). The molecule has 0 heterocycles. The van der Waals surface area contributed by atoms with Crippen LogP contribution in [0.2, 0.25) is 0 Å². The van der Waals surface area contributed by atoms with Gasteiger partial charge in [0.1, 0.15) is 11.6 Å². The van der Waals surface area contributed by atoms with E-state index in [1.165, 1.54) is 12.1 Å². The summed E-state index contributed by atoms with van der Waals surface area (Å²) >= 11 is 3.03. The average Bonchev–Trinajstić information content (AvgIpc) is 2.19. The zero-order valence-electron chi connectivity index (χ0n) is 8.18. The second kappa shape index (κ2) is 4.22. The molecule has 0 aliphatic heterocycles. The largest absolute Gasteiger partial charge is 0.399 e. The number of benzene rings is 2. The Bertz CT molecular complexity index is 500. The summed E-state index contributed by atoms with van der Waals surface area (Å²) in [6, 6.07) is 8.85. The quantitative estimate of drug-likeness (QED) is 0.788. The van der Waals surface area contributed by atoms with Crippen LogP contribution >= 0.6 is 15.9 Å². The van der Waals surface area contributed by atoms with Gasteiger partial charge in [-0.25, -0.2) is 8.78 Å². The van der Waals surface area contributed by atoms with Crippen LogP contribution in [-0.4, -0.2) is 0 Å². The van der Waals surface area contributed by atoms with E-state index in [-0.39, 0.29) is 5.56 Å². The van der Waals surface area contributed by atoms with Crippen LogP contribution in [0.25, 0.3) is 11.1 Å². The number of hydrogen-bond donors (Lipinski definition) is 1. The number of nitrogen functional groups attached to an aromatic ring is 1. The smallest absolute Gasteiger partial charge is 0.135 e. The van der Waals surface area contributed by atoms with E-state index < -0.39 is 11.6 Å². The lowest BCUT2D eigenvalue weighted by Gasteiger charge is -2.06. The Morgan fingerprint density at radius 1 is 0.938 bits per heavy atom. The maximum Gasteiger partial charge on any atom is 0.135 e. The molecule has 0 unspecified atom stereocenters. The van der Waals surface area contributed by atoms with Crippen molar-refractivity contribution in [3.05, 3.63) is 52.5 Å². The molecule has 0 amide bonds. The van der Waals surface area contributed by atoms with Crippen molar-refractivity contribution in [3.8, 4) is 11.1 Å². The first-order chi connectivity index (χ1) is 7.58. The SMILES string of the molecule is Nc1ccc(-c2c(F)cc(Br)cc2F)cc1. The van der Waals surface area contributed by atoms with E-state index in [0.29, 0.717) is 15.7 Å².